The van der Waals surface area contributed by atoms with Crippen molar-refractivity contribution >= 4 is 12.0 Å². The average Bonchev–Trinajstić information content (AvgIpc) is 2.73. The van der Waals surface area contributed by atoms with Gasteiger partial charge in [-0.1, -0.05) is 36.4 Å². The van der Waals surface area contributed by atoms with Crippen LogP contribution in [0, 0.1) is 13.8 Å². The van der Waals surface area contributed by atoms with Gasteiger partial charge in [0.05, 0.1) is 12.5 Å². The van der Waals surface area contributed by atoms with Crippen LogP contribution < -0.4 is 9.47 Å². The van der Waals surface area contributed by atoms with Crippen molar-refractivity contribution in [2.24, 2.45) is 0 Å². The first-order chi connectivity index (χ1) is 15.2. The van der Waals surface area contributed by atoms with Crippen molar-refractivity contribution in [1.29, 1.82) is 0 Å². The summed E-state index contributed by atoms with van der Waals surface area (Å²) in [6.45, 7) is 8.84. The molecule has 1 saturated heterocycles. The minimum Gasteiger partial charge on any atom is -0.488 e. The lowest BCUT2D eigenvalue weighted by Crippen LogP contribution is -2.33. The summed E-state index contributed by atoms with van der Waals surface area (Å²) in [7, 11) is 0. The summed E-state index contributed by atoms with van der Waals surface area (Å²) in [5.74, 6) is 1.38. The zero-order valence-corrected chi connectivity index (χ0v) is 19.3. The first-order valence-corrected chi connectivity index (χ1v) is 11.3. The first kappa shape index (κ1) is 22.4. The fraction of sp³-hybridized carbons (Fsp3) is 0.444. The van der Waals surface area contributed by atoms with Crippen molar-refractivity contribution < 1.29 is 24.1 Å². The molecule has 5 nitrogen and oxygen atoms in total. The van der Waals surface area contributed by atoms with E-state index in [-0.39, 0.29) is 18.0 Å². The second-order valence-corrected chi connectivity index (χ2v) is 9.42. The molecule has 2 aromatic rings. The van der Waals surface area contributed by atoms with Gasteiger partial charge in [-0.3, -0.25) is 4.79 Å². The number of hydrogen-bond donors (Lipinski definition) is 1. The van der Waals surface area contributed by atoms with E-state index in [0.29, 0.717) is 13.0 Å². The molecule has 2 atom stereocenters. The van der Waals surface area contributed by atoms with Gasteiger partial charge in [-0.2, -0.15) is 0 Å². The highest BCUT2D eigenvalue weighted by molar-refractivity contribution is 5.73. The standard InChI is InChI=1S/C27H32O5/c1-17-22(11-10-21-14-20(28)15-24(29)31-21)26-23(12-13-27(3,4)32-26)18(2)25(17)30-16-19-8-6-5-7-9-19/h5-11,20-21,28H,12-16H2,1-4H3/b11-10+/t20-,21-/m1/s1. The summed E-state index contributed by atoms with van der Waals surface area (Å²) >= 11 is 0. The van der Waals surface area contributed by atoms with Crippen molar-refractivity contribution in [1.82, 2.24) is 0 Å². The van der Waals surface area contributed by atoms with E-state index in [1.54, 1.807) is 0 Å². The molecule has 0 spiro atoms. The van der Waals surface area contributed by atoms with E-state index < -0.39 is 12.2 Å². The first-order valence-electron chi connectivity index (χ1n) is 11.3. The van der Waals surface area contributed by atoms with Crippen LogP contribution in [-0.4, -0.2) is 28.9 Å². The second kappa shape index (κ2) is 8.99. The van der Waals surface area contributed by atoms with E-state index in [1.165, 1.54) is 5.56 Å². The van der Waals surface area contributed by atoms with Gasteiger partial charge in [-0.05, 0) is 57.7 Å². The average molecular weight is 437 g/mol. The summed E-state index contributed by atoms with van der Waals surface area (Å²) in [5, 5.41) is 9.94. The minimum absolute atomic E-state index is 0.0536. The Hall–Kier alpha value is -2.79. The number of ether oxygens (including phenoxy) is 3. The van der Waals surface area contributed by atoms with Crippen LogP contribution in [0.5, 0.6) is 11.5 Å². The van der Waals surface area contributed by atoms with Crippen molar-refractivity contribution in [2.75, 3.05) is 0 Å². The normalized spacial score (nSPS) is 22.2. The molecule has 1 N–H and O–H groups in total. The van der Waals surface area contributed by atoms with Crippen LogP contribution in [0.15, 0.2) is 36.4 Å². The predicted molar refractivity (Wildman–Crippen MR) is 124 cm³/mol. The molecule has 5 heteroatoms. The van der Waals surface area contributed by atoms with Gasteiger partial charge in [0.25, 0.3) is 0 Å². The van der Waals surface area contributed by atoms with Gasteiger partial charge in [0.2, 0.25) is 0 Å². The molecule has 32 heavy (non-hydrogen) atoms. The molecule has 0 aromatic heterocycles. The number of hydrogen-bond acceptors (Lipinski definition) is 5. The van der Waals surface area contributed by atoms with Crippen molar-refractivity contribution in [3.8, 4) is 11.5 Å². The minimum atomic E-state index is -0.668. The van der Waals surface area contributed by atoms with E-state index in [1.807, 2.05) is 37.3 Å². The second-order valence-electron chi connectivity index (χ2n) is 9.42. The molecule has 0 aliphatic carbocycles. The van der Waals surface area contributed by atoms with E-state index in [0.717, 1.165) is 46.6 Å². The van der Waals surface area contributed by atoms with Crippen LogP contribution in [0.1, 0.15) is 60.9 Å². The van der Waals surface area contributed by atoms with Gasteiger partial charge >= 0.3 is 5.97 Å². The quantitative estimate of drug-likeness (QED) is 0.663. The molecule has 0 unspecified atom stereocenters. The Morgan fingerprint density at radius 3 is 2.66 bits per heavy atom. The van der Waals surface area contributed by atoms with Crippen LogP contribution >= 0.6 is 0 Å². The fourth-order valence-corrected chi connectivity index (χ4v) is 4.49. The molecule has 170 valence electrons. The third-order valence-electron chi connectivity index (χ3n) is 6.31. The maximum atomic E-state index is 11.7. The summed E-state index contributed by atoms with van der Waals surface area (Å²) in [5.41, 5.74) is 5.07. The Kier molecular flexibility index (Phi) is 6.29. The topological polar surface area (TPSA) is 65.0 Å². The lowest BCUT2D eigenvalue weighted by molar-refractivity contribution is -0.156. The van der Waals surface area contributed by atoms with Gasteiger partial charge < -0.3 is 19.3 Å². The zero-order chi connectivity index (χ0) is 22.9. The molecular formula is C27H32O5. The number of carbonyl (C=O) groups is 1. The number of esters is 1. The monoisotopic (exact) mass is 436 g/mol. The van der Waals surface area contributed by atoms with E-state index in [9.17, 15) is 9.90 Å². The molecule has 2 aliphatic rings. The number of fused-ring (bicyclic) bond motifs is 1. The Morgan fingerprint density at radius 2 is 1.94 bits per heavy atom. The molecule has 4 rings (SSSR count). The lowest BCUT2D eigenvalue weighted by atomic mass is 9.87. The van der Waals surface area contributed by atoms with Gasteiger partial charge in [0.15, 0.2) is 0 Å². The largest absolute Gasteiger partial charge is 0.488 e. The highest BCUT2D eigenvalue weighted by atomic mass is 16.5. The van der Waals surface area contributed by atoms with E-state index in [2.05, 4.69) is 32.9 Å². The van der Waals surface area contributed by atoms with Gasteiger partial charge in [0.1, 0.15) is 29.8 Å². The number of cyclic esters (lactones) is 1. The molecular weight excluding hydrogens is 404 g/mol. The van der Waals surface area contributed by atoms with Crippen LogP contribution in [0.4, 0.5) is 0 Å². The Labute approximate surface area is 190 Å². The number of carbonyl (C=O) groups excluding carboxylic acids is 1. The third kappa shape index (κ3) is 4.83. The SMILES string of the molecule is Cc1c(/C=C/[C@@H]2C[C@@H](O)CC(=O)O2)c2c(c(C)c1OCc1ccccc1)CCC(C)(C)O2. The Balaban J connectivity index is 1.71. The van der Waals surface area contributed by atoms with Crippen LogP contribution in [0.3, 0.4) is 0 Å². The highest BCUT2D eigenvalue weighted by Crippen LogP contribution is 2.45. The Bertz CT molecular complexity index is 1020. The molecule has 0 radical (unpaired) electrons. The van der Waals surface area contributed by atoms with E-state index >= 15 is 0 Å². The lowest BCUT2D eigenvalue weighted by Gasteiger charge is -2.36. The van der Waals surface area contributed by atoms with Gasteiger partial charge in [0, 0.05) is 23.1 Å². The van der Waals surface area contributed by atoms with Crippen molar-refractivity contribution in [2.45, 2.75) is 77.8 Å². The third-order valence-corrected chi connectivity index (χ3v) is 6.31. The van der Waals surface area contributed by atoms with Crippen molar-refractivity contribution in [3.63, 3.8) is 0 Å². The van der Waals surface area contributed by atoms with Gasteiger partial charge in [-0.15, -0.1) is 0 Å². The molecule has 1 fully saturated rings. The highest BCUT2D eigenvalue weighted by Gasteiger charge is 2.32. The van der Waals surface area contributed by atoms with Crippen molar-refractivity contribution in [3.05, 3.63) is 64.2 Å². The maximum Gasteiger partial charge on any atom is 0.309 e. The van der Waals surface area contributed by atoms with Crippen LogP contribution in [0.25, 0.3) is 6.08 Å². The number of rotatable bonds is 5. The van der Waals surface area contributed by atoms with Crippen LogP contribution in [-0.2, 0) is 22.6 Å². The summed E-state index contributed by atoms with van der Waals surface area (Å²) in [4.78, 5) is 11.7. The fourth-order valence-electron chi connectivity index (χ4n) is 4.49. The predicted octanol–water partition coefficient (Wildman–Crippen LogP) is 5.07. The zero-order valence-electron chi connectivity index (χ0n) is 19.3. The Morgan fingerprint density at radius 1 is 1.19 bits per heavy atom. The number of aliphatic hydroxyl groups is 1. The summed E-state index contributed by atoms with van der Waals surface area (Å²) < 4.78 is 18.2. The summed E-state index contributed by atoms with van der Waals surface area (Å²) in [6, 6.07) is 10.1. The number of aliphatic hydroxyl groups excluding tert-OH is 1. The molecule has 0 saturated carbocycles. The summed E-state index contributed by atoms with van der Waals surface area (Å²) in [6.07, 6.45) is 4.99. The number of benzene rings is 2. The molecule has 0 bridgehead atoms. The van der Waals surface area contributed by atoms with Gasteiger partial charge in [-0.25, -0.2) is 0 Å². The molecule has 2 aromatic carbocycles. The van der Waals surface area contributed by atoms with E-state index in [4.69, 9.17) is 14.2 Å². The van der Waals surface area contributed by atoms with Crippen LogP contribution in [0.2, 0.25) is 0 Å². The maximum absolute atomic E-state index is 11.7. The smallest absolute Gasteiger partial charge is 0.309 e. The molecule has 0 amide bonds. The molecule has 2 heterocycles. The molecule has 2 aliphatic heterocycles.